The third-order valence-electron chi connectivity index (χ3n) is 3.79. The van der Waals surface area contributed by atoms with Crippen molar-refractivity contribution in [3.63, 3.8) is 0 Å². The molecule has 2 aromatic carbocycles. The molecule has 1 aromatic heterocycles. The van der Waals surface area contributed by atoms with Crippen LogP contribution >= 0.6 is 23.2 Å². The molecule has 0 radical (unpaired) electrons. The van der Waals surface area contributed by atoms with Crippen molar-refractivity contribution in [1.82, 2.24) is 4.98 Å². The molecule has 110 valence electrons. The topological polar surface area (TPSA) is 30.0 Å². The van der Waals surface area contributed by atoms with E-state index in [1.165, 1.54) is 11.1 Å². The lowest BCUT2D eigenvalue weighted by Gasteiger charge is -2.09. The Kier molecular flexibility index (Phi) is 3.90. The van der Waals surface area contributed by atoms with Crippen LogP contribution in [0.5, 0.6) is 0 Å². The van der Waals surface area contributed by atoms with E-state index in [0.29, 0.717) is 21.5 Å². The van der Waals surface area contributed by atoms with Crippen molar-refractivity contribution in [2.75, 3.05) is 0 Å². The molecular formula is C18H13Cl2NO. The number of rotatable bonds is 2. The summed E-state index contributed by atoms with van der Waals surface area (Å²) in [5, 5.41) is 0.701. The Morgan fingerprint density at radius 1 is 1.00 bits per heavy atom. The fraction of sp³-hybridized carbons (Fsp3) is 0.111. The fourth-order valence-electron chi connectivity index (χ4n) is 2.41. The second-order valence-electron chi connectivity index (χ2n) is 5.29. The minimum atomic E-state index is -0.514. The minimum Gasteiger partial charge on any atom is -0.276 e. The van der Waals surface area contributed by atoms with Crippen molar-refractivity contribution >= 4 is 39.3 Å². The molecule has 0 saturated heterocycles. The van der Waals surface area contributed by atoms with Crippen molar-refractivity contribution in [3.05, 3.63) is 64.2 Å². The summed E-state index contributed by atoms with van der Waals surface area (Å²) in [4.78, 5) is 16.4. The molecule has 0 bridgehead atoms. The van der Waals surface area contributed by atoms with Crippen LogP contribution in [0, 0.1) is 13.8 Å². The second kappa shape index (κ2) is 5.71. The first kappa shape index (κ1) is 15.0. The van der Waals surface area contributed by atoms with E-state index in [1.54, 1.807) is 24.3 Å². The number of hydrogen-bond acceptors (Lipinski definition) is 2. The highest BCUT2D eigenvalue weighted by molar-refractivity contribution is 6.68. The molecule has 0 aliphatic rings. The van der Waals surface area contributed by atoms with Gasteiger partial charge in [0.1, 0.15) is 0 Å². The Hall–Kier alpha value is -1.90. The van der Waals surface area contributed by atoms with Gasteiger partial charge in [0.15, 0.2) is 0 Å². The summed E-state index contributed by atoms with van der Waals surface area (Å²) in [5.41, 5.74) is 5.19. The van der Waals surface area contributed by atoms with Crippen LogP contribution in [0.3, 0.4) is 0 Å². The molecule has 0 fully saturated rings. The maximum atomic E-state index is 11.8. The predicted molar refractivity (Wildman–Crippen MR) is 91.8 cm³/mol. The first-order valence-corrected chi connectivity index (χ1v) is 7.59. The molecule has 0 spiro atoms. The SMILES string of the molecule is Cc1ccc(-c2cc(C(=O)Cl)c3cc(Cl)ccc3n2)cc1C. The lowest BCUT2D eigenvalue weighted by Crippen LogP contribution is -1.96. The van der Waals surface area contributed by atoms with Gasteiger partial charge in [0.2, 0.25) is 0 Å². The fourth-order valence-corrected chi connectivity index (χ4v) is 2.74. The standard InChI is InChI=1S/C18H13Cl2NO/c1-10-3-4-12(7-11(10)2)17-9-15(18(20)22)14-8-13(19)5-6-16(14)21-17/h3-9H,1-2H3. The third kappa shape index (κ3) is 2.72. The van der Waals surface area contributed by atoms with Gasteiger partial charge in [-0.25, -0.2) is 4.98 Å². The summed E-state index contributed by atoms with van der Waals surface area (Å²) in [6, 6.07) is 13.1. The van der Waals surface area contributed by atoms with Crippen LogP contribution in [0.2, 0.25) is 5.02 Å². The zero-order valence-electron chi connectivity index (χ0n) is 12.2. The normalized spacial score (nSPS) is 10.9. The summed E-state index contributed by atoms with van der Waals surface area (Å²) in [5.74, 6) is 0. The Morgan fingerprint density at radius 2 is 1.77 bits per heavy atom. The van der Waals surface area contributed by atoms with Crippen LogP contribution in [-0.2, 0) is 0 Å². The number of carbonyl (C=O) groups is 1. The first-order chi connectivity index (χ1) is 10.5. The third-order valence-corrected chi connectivity index (χ3v) is 4.22. The number of hydrogen-bond donors (Lipinski definition) is 0. The molecule has 0 atom stereocenters. The van der Waals surface area contributed by atoms with E-state index in [2.05, 4.69) is 18.0 Å². The van der Waals surface area contributed by atoms with Crippen LogP contribution < -0.4 is 0 Å². The molecular weight excluding hydrogens is 317 g/mol. The van der Waals surface area contributed by atoms with Gasteiger partial charge in [-0.3, -0.25) is 4.79 Å². The van der Waals surface area contributed by atoms with Crippen LogP contribution in [0.1, 0.15) is 21.5 Å². The summed E-state index contributed by atoms with van der Waals surface area (Å²) in [6.07, 6.45) is 0. The van der Waals surface area contributed by atoms with Gasteiger partial charge in [-0.1, -0.05) is 23.7 Å². The Labute approximate surface area is 138 Å². The molecule has 0 saturated carbocycles. The molecule has 3 rings (SSSR count). The van der Waals surface area contributed by atoms with Gasteiger partial charge in [0.25, 0.3) is 5.24 Å². The van der Waals surface area contributed by atoms with Crippen LogP contribution in [0.25, 0.3) is 22.2 Å². The smallest absolute Gasteiger partial charge is 0.253 e. The quantitative estimate of drug-likeness (QED) is 0.577. The van der Waals surface area contributed by atoms with E-state index in [0.717, 1.165) is 11.3 Å². The largest absolute Gasteiger partial charge is 0.276 e. The number of aromatic nitrogens is 1. The van der Waals surface area contributed by atoms with Crippen molar-refractivity contribution in [2.45, 2.75) is 13.8 Å². The maximum Gasteiger partial charge on any atom is 0.253 e. The van der Waals surface area contributed by atoms with Crippen LogP contribution in [0.4, 0.5) is 0 Å². The van der Waals surface area contributed by atoms with Gasteiger partial charge in [0, 0.05) is 21.5 Å². The molecule has 1 heterocycles. The Bertz CT molecular complexity index is 903. The highest BCUT2D eigenvalue weighted by Crippen LogP contribution is 2.28. The first-order valence-electron chi connectivity index (χ1n) is 6.83. The molecule has 0 aliphatic heterocycles. The second-order valence-corrected chi connectivity index (χ2v) is 6.07. The van der Waals surface area contributed by atoms with E-state index in [-0.39, 0.29) is 0 Å². The number of halogens is 2. The van der Waals surface area contributed by atoms with E-state index in [1.807, 2.05) is 19.1 Å². The highest BCUT2D eigenvalue weighted by Gasteiger charge is 2.13. The predicted octanol–water partition coefficient (Wildman–Crippen LogP) is 5.55. The molecule has 3 aromatic rings. The summed E-state index contributed by atoms with van der Waals surface area (Å²) in [6.45, 7) is 4.11. The van der Waals surface area contributed by atoms with Gasteiger partial charge in [-0.05, 0) is 66.9 Å². The number of nitrogens with zero attached hydrogens (tertiary/aromatic N) is 1. The average molecular weight is 330 g/mol. The number of aryl methyl sites for hydroxylation is 2. The van der Waals surface area contributed by atoms with E-state index in [9.17, 15) is 4.79 Å². The monoisotopic (exact) mass is 329 g/mol. The summed E-state index contributed by atoms with van der Waals surface area (Å²) in [7, 11) is 0. The molecule has 0 aliphatic carbocycles. The number of carbonyl (C=O) groups excluding carboxylic acids is 1. The Balaban J connectivity index is 2.29. The molecule has 4 heteroatoms. The van der Waals surface area contributed by atoms with E-state index in [4.69, 9.17) is 23.2 Å². The summed E-state index contributed by atoms with van der Waals surface area (Å²) < 4.78 is 0. The lowest BCUT2D eigenvalue weighted by atomic mass is 10.0. The lowest BCUT2D eigenvalue weighted by molar-refractivity contribution is 0.108. The average Bonchev–Trinajstić information content (AvgIpc) is 2.48. The van der Waals surface area contributed by atoms with Crippen LogP contribution in [-0.4, -0.2) is 10.2 Å². The van der Waals surface area contributed by atoms with Crippen LogP contribution in [0.15, 0.2) is 42.5 Å². The molecule has 0 unspecified atom stereocenters. The molecule has 0 N–H and O–H groups in total. The van der Waals surface area contributed by atoms with Gasteiger partial charge in [-0.15, -0.1) is 0 Å². The Morgan fingerprint density at radius 3 is 2.45 bits per heavy atom. The minimum absolute atomic E-state index is 0.419. The van der Waals surface area contributed by atoms with Crippen molar-refractivity contribution in [2.24, 2.45) is 0 Å². The van der Waals surface area contributed by atoms with Gasteiger partial charge < -0.3 is 0 Å². The van der Waals surface area contributed by atoms with E-state index < -0.39 is 5.24 Å². The number of pyridine rings is 1. The molecule has 2 nitrogen and oxygen atoms in total. The van der Waals surface area contributed by atoms with Gasteiger partial charge in [0.05, 0.1) is 11.2 Å². The van der Waals surface area contributed by atoms with Crippen molar-refractivity contribution in [3.8, 4) is 11.3 Å². The highest BCUT2D eigenvalue weighted by atomic mass is 35.5. The zero-order chi connectivity index (χ0) is 15.9. The van der Waals surface area contributed by atoms with E-state index >= 15 is 0 Å². The number of benzene rings is 2. The summed E-state index contributed by atoms with van der Waals surface area (Å²) >= 11 is 11.7. The molecule has 0 amide bonds. The maximum absolute atomic E-state index is 11.8. The van der Waals surface area contributed by atoms with Gasteiger partial charge >= 0.3 is 0 Å². The van der Waals surface area contributed by atoms with Gasteiger partial charge in [-0.2, -0.15) is 0 Å². The number of fused-ring (bicyclic) bond motifs is 1. The van der Waals surface area contributed by atoms with Crippen molar-refractivity contribution < 1.29 is 4.79 Å². The van der Waals surface area contributed by atoms with Crippen molar-refractivity contribution in [1.29, 1.82) is 0 Å². The molecule has 22 heavy (non-hydrogen) atoms. The zero-order valence-corrected chi connectivity index (χ0v) is 13.7.